The molecule has 4 heterocycles. The van der Waals surface area contributed by atoms with Crippen LogP contribution in [0.1, 0.15) is 41.2 Å². The molecule has 2 aromatic carbocycles. The number of piperidine rings is 1. The average molecular weight is 667 g/mol. The zero-order chi connectivity index (χ0) is 29.1. The molecule has 0 saturated carbocycles. The maximum Gasteiger partial charge on any atom is 0.416 e. The molecule has 3 amide bonds. The van der Waals surface area contributed by atoms with Gasteiger partial charge < -0.3 is 4.90 Å². The number of carbonyl (C=O) groups is 3. The molecule has 7 nitrogen and oxygen atoms in total. The third kappa shape index (κ3) is 5.05. The zero-order valence-corrected chi connectivity index (χ0v) is 24.6. The second kappa shape index (κ2) is 10.7. The minimum Gasteiger partial charge on any atom is -0.341 e. The molecule has 3 aliphatic rings. The van der Waals surface area contributed by atoms with E-state index in [0.29, 0.717) is 28.6 Å². The largest absolute Gasteiger partial charge is 0.416 e. The van der Waals surface area contributed by atoms with Crippen LogP contribution >= 0.6 is 39.0 Å². The number of halogens is 4. The number of rotatable bonds is 4. The summed E-state index contributed by atoms with van der Waals surface area (Å²) < 4.78 is 42.5. The van der Waals surface area contributed by atoms with Crippen LogP contribution < -0.4 is 9.77 Å². The van der Waals surface area contributed by atoms with Crippen molar-refractivity contribution in [3.63, 3.8) is 0 Å². The number of anilines is 1. The van der Waals surface area contributed by atoms with Crippen molar-refractivity contribution in [1.29, 1.82) is 0 Å². The number of fused-ring (bicyclic) bond motifs is 2. The molecule has 0 N–H and O–H groups in total. The summed E-state index contributed by atoms with van der Waals surface area (Å²) in [4.78, 5) is 56.9. The topological polar surface area (TPSA) is 79.7 Å². The maximum absolute atomic E-state index is 13.9. The number of aromatic nitrogens is 1. The predicted octanol–water partition coefficient (Wildman–Crippen LogP) is 5.50. The van der Waals surface area contributed by atoms with Crippen molar-refractivity contribution in [2.24, 2.45) is 5.92 Å². The molecule has 0 spiro atoms. The van der Waals surface area contributed by atoms with E-state index in [1.807, 2.05) is 0 Å². The molecule has 6 rings (SSSR count). The maximum atomic E-state index is 13.9. The molecular weight excluding hydrogens is 643 g/mol. The molecule has 0 bridgehead atoms. The first-order chi connectivity index (χ1) is 19.5. The van der Waals surface area contributed by atoms with Gasteiger partial charge in [-0.3, -0.25) is 23.7 Å². The number of hydrogen-bond donors (Lipinski definition) is 0. The Labute approximate surface area is 249 Å². The third-order valence-electron chi connectivity index (χ3n) is 7.69. The van der Waals surface area contributed by atoms with E-state index in [4.69, 9.17) is 0 Å². The number of nitrogens with zero attached hydrogens (tertiary/aromatic N) is 3. The van der Waals surface area contributed by atoms with E-state index in [1.54, 1.807) is 29.2 Å². The van der Waals surface area contributed by atoms with Gasteiger partial charge in [0.25, 0.3) is 0 Å². The summed E-state index contributed by atoms with van der Waals surface area (Å²) in [6.07, 6.45) is -1.81. The Morgan fingerprint density at radius 1 is 0.976 bits per heavy atom. The van der Waals surface area contributed by atoms with Gasteiger partial charge in [-0.1, -0.05) is 57.2 Å². The van der Waals surface area contributed by atoms with E-state index in [1.165, 1.54) is 16.7 Å². The van der Waals surface area contributed by atoms with E-state index in [9.17, 15) is 32.3 Å². The van der Waals surface area contributed by atoms with E-state index in [2.05, 4.69) is 15.9 Å². The van der Waals surface area contributed by atoms with Crippen molar-refractivity contribution in [3.05, 3.63) is 78.7 Å². The monoisotopic (exact) mass is 665 g/mol. The Morgan fingerprint density at radius 2 is 1.71 bits per heavy atom. The van der Waals surface area contributed by atoms with Crippen LogP contribution in [0.3, 0.4) is 0 Å². The molecular formula is C28H23BrF3N3O4S2. The van der Waals surface area contributed by atoms with Gasteiger partial charge in [0.2, 0.25) is 17.7 Å². The second-order valence-corrected chi connectivity index (χ2v) is 13.3. The molecule has 0 unspecified atom stereocenters. The van der Waals surface area contributed by atoms with Crippen LogP contribution in [0.5, 0.6) is 0 Å². The van der Waals surface area contributed by atoms with Crippen LogP contribution in [0.2, 0.25) is 0 Å². The Morgan fingerprint density at radius 3 is 2.41 bits per heavy atom. The summed E-state index contributed by atoms with van der Waals surface area (Å²) >= 11 is 5.43. The lowest BCUT2D eigenvalue weighted by atomic mass is 9.83. The Kier molecular flexibility index (Phi) is 7.39. The fourth-order valence-electron chi connectivity index (χ4n) is 5.77. The van der Waals surface area contributed by atoms with Crippen LogP contribution in [-0.4, -0.2) is 45.5 Å². The minimum atomic E-state index is -4.65. The highest BCUT2D eigenvalue weighted by Crippen LogP contribution is 2.54. The first-order valence-corrected chi connectivity index (χ1v) is 15.5. The lowest BCUT2D eigenvalue weighted by Gasteiger charge is -2.31. The zero-order valence-electron chi connectivity index (χ0n) is 21.4. The predicted molar refractivity (Wildman–Crippen MR) is 152 cm³/mol. The van der Waals surface area contributed by atoms with Gasteiger partial charge >= 0.3 is 11.0 Å². The van der Waals surface area contributed by atoms with Crippen molar-refractivity contribution < 1.29 is 27.6 Å². The first-order valence-electron chi connectivity index (χ1n) is 13.0. The van der Waals surface area contributed by atoms with Crippen molar-refractivity contribution in [1.82, 2.24) is 9.47 Å². The number of amides is 3. The molecule has 0 aliphatic carbocycles. The van der Waals surface area contributed by atoms with Gasteiger partial charge in [0.15, 0.2) is 0 Å². The minimum absolute atomic E-state index is 0.154. The van der Waals surface area contributed by atoms with E-state index in [-0.39, 0.29) is 23.0 Å². The Hall–Kier alpha value is -2.90. The normalized spacial score (nSPS) is 22.6. The molecule has 1 aromatic heterocycles. The molecule has 214 valence electrons. The third-order valence-corrected chi connectivity index (χ3v) is 10.8. The summed E-state index contributed by atoms with van der Waals surface area (Å²) in [5.41, 5.74) is -0.441. The number of thiazole rings is 1. The summed E-state index contributed by atoms with van der Waals surface area (Å²) in [7, 11) is 0. The fourth-order valence-corrected chi connectivity index (χ4v) is 8.96. The summed E-state index contributed by atoms with van der Waals surface area (Å²) in [5, 5.41) is -0.539. The van der Waals surface area contributed by atoms with Crippen molar-refractivity contribution >= 4 is 62.4 Å². The van der Waals surface area contributed by atoms with Gasteiger partial charge in [-0.15, -0.1) is 0 Å². The van der Waals surface area contributed by atoms with Crippen LogP contribution in [0, 0.1) is 5.92 Å². The highest BCUT2D eigenvalue weighted by atomic mass is 79.9. The number of benzene rings is 2. The van der Waals surface area contributed by atoms with Gasteiger partial charge in [-0.2, -0.15) is 13.2 Å². The standard InChI is InChI=1S/C28H23BrF3N3O4S2/c29-17-8-4-6-15(12-17)20-21-22(25(38)35(24(21)37)18-9-5-7-16(13-18)28(30,31)32)40-26-23(20)41-27(39)34(26)14-19(36)33-10-2-1-3-11-33/h4-9,12-13,20-22H,1-3,10-11,14H2/t20-,21-,22+/m0/s1. The van der Waals surface area contributed by atoms with Crippen molar-refractivity contribution in [2.75, 3.05) is 18.0 Å². The lowest BCUT2D eigenvalue weighted by molar-refractivity contribution is -0.137. The molecule has 3 aromatic rings. The first kappa shape index (κ1) is 28.2. The molecule has 3 atom stereocenters. The average Bonchev–Trinajstić information content (AvgIpc) is 3.39. The SMILES string of the molecule is O=C(Cn1c2c(sc1=O)[C@@H](c1cccc(Br)c1)[C@@H]1C(=O)N(c3cccc(C(F)(F)F)c3)C(=O)[C@@H]1S2)N1CCCCC1. The Bertz CT molecular complexity index is 1620. The number of imide groups is 1. The molecule has 41 heavy (non-hydrogen) atoms. The van der Waals surface area contributed by atoms with Gasteiger partial charge in [0.05, 0.1) is 22.2 Å². The second-order valence-electron chi connectivity index (χ2n) is 10.2. The fraction of sp³-hybridized carbons (Fsp3) is 0.357. The number of thioether (sulfide) groups is 1. The van der Waals surface area contributed by atoms with Gasteiger partial charge in [-0.25, -0.2) is 4.90 Å². The van der Waals surface area contributed by atoms with E-state index < -0.39 is 40.6 Å². The van der Waals surface area contributed by atoms with Gasteiger partial charge in [-0.05, 0) is 55.2 Å². The molecule has 13 heteroatoms. The Balaban J connectivity index is 1.43. The number of likely N-dealkylation sites (tertiary alicyclic amines) is 1. The van der Waals surface area contributed by atoms with Crippen LogP contribution in [-0.2, 0) is 27.1 Å². The summed E-state index contributed by atoms with van der Waals surface area (Å²) in [5.74, 6) is -3.12. The molecule has 2 fully saturated rings. The molecule has 2 saturated heterocycles. The summed E-state index contributed by atoms with van der Waals surface area (Å²) in [6, 6.07) is 11.3. The van der Waals surface area contributed by atoms with Crippen molar-refractivity contribution in [2.45, 2.75) is 48.2 Å². The quantitative estimate of drug-likeness (QED) is 0.344. The highest BCUT2D eigenvalue weighted by molar-refractivity contribution is 9.10. The smallest absolute Gasteiger partial charge is 0.341 e. The van der Waals surface area contributed by atoms with E-state index in [0.717, 1.165) is 63.9 Å². The highest BCUT2D eigenvalue weighted by Gasteiger charge is 2.57. The lowest BCUT2D eigenvalue weighted by Crippen LogP contribution is -2.39. The van der Waals surface area contributed by atoms with Crippen LogP contribution in [0.25, 0.3) is 0 Å². The molecule has 3 aliphatic heterocycles. The van der Waals surface area contributed by atoms with Crippen LogP contribution in [0.15, 0.2) is 62.8 Å². The number of hydrogen-bond acceptors (Lipinski definition) is 6. The van der Waals surface area contributed by atoms with E-state index >= 15 is 0 Å². The number of carbonyl (C=O) groups excluding carboxylic acids is 3. The van der Waals surface area contributed by atoms with Gasteiger partial charge in [0, 0.05) is 28.4 Å². The van der Waals surface area contributed by atoms with Crippen molar-refractivity contribution in [3.8, 4) is 0 Å². The number of alkyl halides is 3. The van der Waals surface area contributed by atoms with Crippen LogP contribution in [0.4, 0.5) is 18.9 Å². The molecule has 0 radical (unpaired) electrons. The summed E-state index contributed by atoms with van der Waals surface area (Å²) in [6.45, 7) is 1.06. The van der Waals surface area contributed by atoms with Gasteiger partial charge in [0.1, 0.15) is 11.8 Å².